The number of rotatable bonds is 4. The zero-order chi connectivity index (χ0) is 13.7. The van der Waals surface area contributed by atoms with E-state index in [-0.39, 0.29) is 17.6 Å². The molecule has 2 rings (SSSR count). The van der Waals surface area contributed by atoms with Gasteiger partial charge in [-0.2, -0.15) is 5.26 Å². The van der Waals surface area contributed by atoms with E-state index in [4.69, 9.17) is 26.0 Å². The predicted molar refractivity (Wildman–Crippen MR) is 69.2 cm³/mol. The third-order valence-electron chi connectivity index (χ3n) is 2.19. The van der Waals surface area contributed by atoms with Crippen LogP contribution in [0.1, 0.15) is 10.6 Å². The summed E-state index contributed by atoms with van der Waals surface area (Å²) in [6, 6.07) is 11.5. The van der Waals surface area contributed by atoms with E-state index >= 15 is 0 Å². The van der Waals surface area contributed by atoms with Crippen molar-refractivity contribution < 1.29 is 13.9 Å². The Labute approximate surface area is 114 Å². The summed E-state index contributed by atoms with van der Waals surface area (Å²) < 4.78 is 10.1. The van der Waals surface area contributed by atoms with E-state index in [1.807, 2.05) is 6.07 Å². The lowest BCUT2D eigenvalue weighted by Crippen LogP contribution is -2.10. The third-order valence-corrected chi connectivity index (χ3v) is 2.40. The van der Waals surface area contributed by atoms with Gasteiger partial charge in [-0.25, -0.2) is 0 Å². The highest BCUT2D eigenvalue weighted by molar-refractivity contribution is 6.29. The zero-order valence-corrected chi connectivity index (χ0v) is 10.5. The van der Waals surface area contributed by atoms with Crippen LogP contribution < -0.4 is 10.1 Å². The van der Waals surface area contributed by atoms with E-state index in [9.17, 15) is 4.79 Å². The molecule has 0 fully saturated rings. The van der Waals surface area contributed by atoms with Crippen molar-refractivity contribution in [2.45, 2.75) is 0 Å². The standard InChI is InChI=1S/C13H9ClN2O3/c14-12-5-4-11(19-12)13(17)16-9-2-1-3-10(8-9)18-7-6-15/h1-5,8H,7H2,(H,16,17). The molecule has 0 aliphatic heterocycles. The lowest BCUT2D eigenvalue weighted by Gasteiger charge is -2.06. The topological polar surface area (TPSA) is 75.3 Å². The van der Waals surface area contributed by atoms with Crippen LogP contribution in [0.25, 0.3) is 0 Å². The molecule has 0 spiro atoms. The fraction of sp³-hybridized carbons (Fsp3) is 0.0769. The monoisotopic (exact) mass is 276 g/mol. The molecule has 0 aliphatic rings. The number of hydrogen-bond donors (Lipinski definition) is 1. The molecule has 0 atom stereocenters. The first-order chi connectivity index (χ1) is 9.19. The largest absolute Gasteiger partial charge is 0.479 e. The van der Waals surface area contributed by atoms with E-state index in [1.165, 1.54) is 12.1 Å². The summed E-state index contributed by atoms with van der Waals surface area (Å²) >= 11 is 5.59. The molecule has 6 heteroatoms. The Kier molecular flexibility index (Phi) is 4.06. The van der Waals surface area contributed by atoms with Crippen LogP contribution in [0, 0.1) is 11.3 Å². The Bertz CT molecular complexity index is 631. The molecule has 1 aromatic carbocycles. The minimum Gasteiger partial charge on any atom is -0.479 e. The van der Waals surface area contributed by atoms with Crippen LogP contribution in [0.4, 0.5) is 5.69 Å². The number of nitriles is 1. The van der Waals surface area contributed by atoms with Crippen molar-refractivity contribution in [3.63, 3.8) is 0 Å². The second-order valence-corrected chi connectivity index (χ2v) is 3.91. The molecule has 0 radical (unpaired) electrons. The lowest BCUT2D eigenvalue weighted by molar-refractivity contribution is 0.0997. The maximum Gasteiger partial charge on any atom is 0.291 e. The fourth-order valence-electron chi connectivity index (χ4n) is 1.41. The van der Waals surface area contributed by atoms with Crippen molar-refractivity contribution >= 4 is 23.2 Å². The first kappa shape index (κ1) is 13.0. The van der Waals surface area contributed by atoms with Crippen LogP contribution in [0.5, 0.6) is 5.75 Å². The number of ether oxygens (including phenoxy) is 1. The number of carbonyl (C=O) groups excluding carboxylic acids is 1. The normalized spacial score (nSPS) is 9.68. The number of nitrogens with zero attached hydrogens (tertiary/aromatic N) is 1. The zero-order valence-electron chi connectivity index (χ0n) is 9.72. The number of halogens is 1. The third kappa shape index (κ3) is 3.50. The maximum absolute atomic E-state index is 11.8. The van der Waals surface area contributed by atoms with Crippen LogP contribution in [0.15, 0.2) is 40.8 Å². The Morgan fingerprint density at radius 1 is 1.42 bits per heavy atom. The molecule has 2 aromatic rings. The molecule has 0 bridgehead atoms. The number of hydrogen-bond acceptors (Lipinski definition) is 4. The van der Waals surface area contributed by atoms with Gasteiger partial charge in [0.25, 0.3) is 5.91 Å². The van der Waals surface area contributed by atoms with Crippen LogP contribution in [-0.4, -0.2) is 12.5 Å². The summed E-state index contributed by atoms with van der Waals surface area (Å²) in [4.78, 5) is 11.8. The molecule has 19 heavy (non-hydrogen) atoms. The van der Waals surface area contributed by atoms with Gasteiger partial charge in [-0.15, -0.1) is 0 Å². The van der Waals surface area contributed by atoms with Crippen molar-refractivity contribution in [1.82, 2.24) is 0 Å². The van der Waals surface area contributed by atoms with E-state index < -0.39 is 5.91 Å². The summed E-state index contributed by atoms with van der Waals surface area (Å²) in [5.74, 6) is 0.203. The van der Waals surface area contributed by atoms with Gasteiger partial charge in [0.1, 0.15) is 11.8 Å². The minimum absolute atomic E-state index is 0.0504. The van der Waals surface area contributed by atoms with Gasteiger partial charge in [0.15, 0.2) is 17.6 Å². The Morgan fingerprint density at radius 3 is 2.95 bits per heavy atom. The summed E-state index contributed by atoms with van der Waals surface area (Å²) in [6.45, 7) is -0.0504. The second-order valence-electron chi connectivity index (χ2n) is 3.53. The first-order valence-electron chi connectivity index (χ1n) is 5.35. The number of anilines is 1. The van der Waals surface area contributed by atoms with Gasteiger partial charge >= 0.3 is 0 Å². The molecule has 5 nitrogen and oxygen atoms in total. The average Bonchev–Trinajstić information content (AvgIpc) is 2.83. The molecule has 0 aliphatic carbocycles. The predicted octanol–water partition coefficient (Wildman–Crippen LogP) is 3.09. The average molecular weight is 277 g/mol. The second kappa shape index (κ2) is 5.94. The molecule has 1 heterocycles. The van der Waals surface area contributed by atoms with Crippen molar-refractivity contribution in [3.8, 4) is 11.8 Å². The smallest absolute Gasteiger partial charge is 0.291 e. The van der Waals surface area contributed by atoms with Gasteiger partial charge in [0.05, 0.1) is 0 Å². The molecule has 1 N–H and O–H groups in total. The maximum atomic E-state index is 11.8. The van der Waals surface area contributed by atoms with Gasteiger partial charge in [0.2, 0.25) is 0 Å². The van der Waals surface area contributed by atoms with E-state index in [0.717, 1.165) is 0 Å². The van der Waals surface area contributed by atoms with Gasteiger partial charge in [-0.1, -0.05) is 6.07 Å². The van der Waals surface area contributed by atoms with Crippen molar-refractivity contribution in [2.24, 2.45) is 0 Å². The molecule has 1 amide bonds. The first-order valence-corrected chi connectivity index (χ1v) is 5.73. The van der Waals surface area contributed by atoms with Crippen molar-refractivity contribution in [2.75, 3.05) is 11.9 Å². The highest BCUT2D eigenvalue weighted by Gasteiger charge is 2.10. The van der Waals surface area contributed by atoms with Gasteiger partial charge in [-0.05, 0) is 35.9 Å². The van der Waals surface area contributed by atoms with Crippen LogP contribution in [0.3, 0.4) is 0 Å². The van der Waals surface area contributed by atoms with Crippen molar-refractivity contribution in [1.29, 1.82) is 5.26 Å². The van der Waals surface area contributed by atoms with Crippen molar-refractivity contribution in [3.05, 3.63) is 47.4 Å². The van der Waals surface area contributed by atoms with Gasteiger partial charge < -0.3 is 14.5 Å². The van der Waals surface area contributed by atoms with Gasteiger partial charge in [-0.3, -0.25) is 4.79 Å². The molecule has 0 unspecified atom stereocenters. The van der Waals surface area contributed by atoms with Crippen LogP contribution >= 0.6 is 11.6 Å². The summed E-state index contributed by atoms with van der Waals surface area (Å²) in [7, 11) is 0. The lowest BCUT2D eigenvalue weighted by atomic mass is 10.3. The quantitative estimate of drug-likeness (QED) is 0.931. The number of amides is 1. The van der Waals surface area contributed by atoms with Gasteiger partial charge in [0, 0.05) is 11.8 Å². The minimum atomic E-state index is -0.413. The molecule has 1 aromatic heterocycles. The molecule has 0 saturated carbocycles. The Morgan fingerprint density at radius 2 is 2.26 bits per heavy atom. The number of benzene rings is 1. The number of nitrogens with one attached hydrogen (secondary N) is 1. The van der Waals surface area contributed by atoms with E-state index in [0.29, 0.717) is 11.4 Å². The van der Waals surface area contributed by atoms with Crippen LogP contribution in [0.2, 0.25) is 5.22 Å². The molecule has 96 valence electrons. The highest BCUT2D eigenvalue weighted by Crippen LogP contribution is 2.19. The molecular formula is C13H9ClN2O3. The van der Waals surface area contributed by atoms with E-state index in [1.54, 1.807) is 24.3 Å². The molecule has 0 saturated heterocycles. The highest BCUT2D eigenvalue weighted by atomic mass is 35.5. The Hall–Kier alpha value is -2.45. The fourth-order valence-corrected chi connectivity index (χ4v) is 1.55. The summed E-state index contributed by atoms with van der Waals surface area (Å²) in [5.41, 5.74) is 0.535. The number of furan rings is 1. The van der Waals surface area contributed by atoms with E-state index in [2.05, 4.69) is 5.32 Å². The summed E-state index contributed by atoms with van der Waals surface area (Å²) in [5, 5.41) is 11.2. The summed E-state index contributed by atoms with van der Waals surface area (Å²) in [6.07, 6.45) is 0. The SMILES string of the molecule is N#CCOc1cccc(NC(=O)c2ccc(Cl)o2)c1. The molecular weight excluding hydrogens is 268 g/mol. The number of carbonyl (C=O) groups is 1. The van der Waals surface area contributed by atoms with Crippen LogP contribution in [-0.2, 0) is 0 Å². The Balaban J connectivity index is 2.06.